The number of likely N-dealkylation sites (tertiary alicyclic amines) is 1. The minimum absolute atomic E-state index is 0.109. The van der Waals surface area contributed by atoms with Gasteiger partial charge in [0.2, 0.25) is 0 Å². The number of halogens is 2. The molecule has 10 nitrogen and oxygen atoms in total. The van der Waals surface area contributed by atoms with E-state index in [0.717, 1.165) is 4.90 Å². The summed E-state index contributed by atoms with van der Waals surface area (Å²) in [5.41, 5.74) is 0.768. The van der Waals surface area contributed by atoms with Crippen LogP contribution < -0.4 is 9.47 Å². The third-order valence-electron chi connectivity index (χ3n) is 7.81. The van der Waals surface area contributed by atoms with Crippen LogP contribution in [0.1, 0.15) is 24.3 Å². The van der Waals surface area contributed by atoms with Crippen LogP contribution in [-0.2, 0) is 19.2 Å². The molecule has 0 radical (unpaired) electrons. The van der Waals surface area contributed by atoms with Gasteiger partial charge < -0.3 is 14.6 Å². The van der Waals surface area contributed by atoms with Gasteiger partial charge in [0.25, 0.3) is 23.6 Å². The molecule has 2 N–H and O–H groups in total. The fourth-order valence-electron chi connectivity index (χ4n) is 6.25. The van der Waals surface area contributed by atoms with Crippen LogP contribution in [-0.4, -0.2) is 74.9 Å². The van der Waals surface area contributed by atoms with Crippen LogP contribution in [0.2, 0.25) is 0 Å². The summed E-state index contributed by atoms with van der Waals surface area (Å²) in [6, 6.07) is 2.63. The number of carbonyl (C=O) groups excluding carboxylic acids is 4. The molecule has 6 unspecified atom stereocenters. The zero-order chi connectivity index (χ0) is 25.6. The van der Waals surface area contributed by atoms with Gasteiger partial charge in [-0.2, -0.15) is 5.06 Å². The molecule has 2 heterocycles. The molecule has 2 saturated heterocycles. The van der Waals surface area contributed by atoms with Crippen LogP contribution in [0.15, 0.2) is 23.8 Å². The molecule has 1 saturated carbocycles. The largest absolute Gasteiger partial charge is 0.508 e. The lowest BCUT2D eigenvalue weighted by atomic mass is 9.56. The van der Waals surface area contributed by atoms with Crippen LogP contribution in [0, 0.1) is 17.8 Å². The highest BCUT2D eigenvalue weighted by molar-refractivity contribution is 6.53. The second-order valence-corrected chi connectivity index (χ2v) is 10.5. The van der Waals surface area contributed by atoms with E-state index in [1.54, 1.807) is 6.08 Å². The number of nitrogens with zero attached hydrogens (tertiary/aromatic N) is 2. The summed E-state index contributed by atoms with van der Waals surface area (Å²) in [4.78, 5) is 49.2. The number of hydrogen-bond donors (Lipinski definition) is 2. The minimum Gasteiger partial charge on any atom is -0.508 e. The number of allylic oxidation sites excluding steroid dienone is 2. The topological polar surface area (TPSA) is 134 Å². The third kappa shape index (κ3) is 2.75. The Bertz CT molecular complexity index is 1210. The van der Waals surface area contributed by atoms with Crippen molar-refractivity contribution in [3.05, 3.63) is 29.3 Å². The second-order valence-electron chi connectivity index (χ2n) is 9.25. The summed E-state index contributed by atoms with van der Waals surface area (Å²) in [7, 11) is 3.99. The van der Waals surface area contributed by atoms with Crippen molar-refractivity contribution in [2.75, 3.05) is 21.3 Å². The lowest BCUT2D eigenvalue weighted by Gasteiger charge is -2.51. The van der Waals surface area contributed by atoms with Crippen LogP contribution in [0.5, 0.6) is 17.2 Å². The first kappa shape index (κ1) is 23.9. The highest BCUT2D eigenvalue weighted by Crippen LogP contribution is 2.67. The van der Waals surface area contributed by atoms with Crippen molar-refractivity contribution in [3.8, 4) is 17.2 Å². The Hall–Kier alpha value is -2.82. The van der Waals surface area contributed by atoms with Crippen LogP contribution in [0.3, 0.4) is 0 Å². The highest BCUT2D eigenvalue weighted by atomic mass is 35.5. The molecular formula is C23H22Cl2N2O8. The first-order chi connectivity index (χ1) is 16.4. The second kappa shape index (κ2) is 7.59. The number of benzene rings is 1. The van der Waals surface area contributed by atoms with Gasteiger partial charge in [-0.3, -0.25) is 29.3 Å². The molecule has 12 heteroatoms. The number of imide groups is 2. The molecule has 0 spiro atoms. The predicted octanol–water partition coefficient (Wildman–Crippen LogP) is 1.79. The van der Waals surface area contributed by atoms with Gasteiger partial charge in [0.1, 0.15) is 17.2 Å². The van der Waals surface area contributed by atoms with E-state index in [1.165, 1.54) is 33.4 Å². The van der Waals surface area contributed by atoms with E-state index >= 15 is 0 Å². The molecule has 4 aliphatic rings. The quantitative estimate of drug-likeness (QED) is 0.264. The maximum absolute atomic E-state index is 13.6. The number of phenols is 1. The molecule has 2 aliphatic carbocycles. The van der Waals surface area contributed by atoms with Crippen LogP contribution in [0.25, 0.3) is 0 Å². The van der Waals surface area contributed by atoms with Crippen molar-refractivity contribution >= 4 is 46.8 Å². The van der Waals surface area contributed by atoms with Gasteiger partial charge in [0.05, 0.1) is 26.1 Å². The molecule has 3 fully saturated rings. The van der Waals surface area contributed by atoms with Gasteiger partial charge in [0, 0.05) is 30.7 Å². The van der Waals surface area contributed by atoms with Crippen molar-refractivity contribution in [1.29, 1.82) is 0 Å². The monoisotopic (exact) mass is 524 g/mol. The van der Waals surface area contributed by atoms with Gasteiger partial charge in [-0.25, -0.2) is 0 Å². The van der Waals surface area contributed by atoms with E-state index in [4.69, 9.17) is 32.7 Å². The number of fused-ring (bicyclic) bond motifs is 4. The summed E-state index contributed by atoms with van der Waals surface area (Å²) >= 11 is 14.1. The molecule has 6 atom stereocenters. The minimum atomic E-state index is -2.03. The molecule has 2 aliphatic heterocycles. The maximum atomic E-state index is 13.6. The van der Waals surface area contributed by atoms with E-state index in [1.807, 2.05) is 0 Å². The molecule has 35 heavy (non-hydrogen) atoms. The Kier molecular flexibility index (Phi) is 5.18. The highest BCUT2D eigenvalue weighted by Gasteiger charge is 2.76. The smallest absolute Gasteiger partial charge is 0.257 e. The Labute approximate surface area is 209 Å². The van der Waals surface area contributed by atoms with E-state index < -0.39 is 57.0 Å². The standard InChI is InChI=1S/C23H22Cl2N2O8/c1-26-20(31)22(24)8-12-10(4-5-11-15(12)19(30)27(33)18(11)29)17(23(22,25)21(26)32)16-13(34-2)6-9(28)7-14(16)35-3/h4,6-7,11-12,15,17,28,33H,5,8H2,1-3H3. The number of alkyl halides is 2. The summed E-state index contributed by atoms with van der Waals surface area (Å²) in [5.74, 6) is -6.66. The predicted molar refractivity (Wildman–Crippen MR) is 120 cm³/mol. The zero-order valence-electron chi connectivity index (χ0n) is 18.9. The van der Waals surface area contributed by atoms with Crippen LogP contribution >= 0.6 is 23.2 Å². The summed E-state index contributed by atoms with van der Waals surface area (Å²) in [5, 5.41) is 20.4. The Morgan fingerprint density at radius 1 is 1.00 bits per heavy atom. The maximum Gasteiger partial charge on any atom is 0.257 e. The third-order valence-corrected chi connectivity index (χ3v) is 9.22. The van der Waals surface area contributed by atoms with Gasteiger partial charge in [0.15, 0.2) is 9.75 Å². The number of phenolic OH excluding ortho intramolecular Hbond substituents is 1. The normalized spacial score (nSPS) is 36.1. The number of hydrogen-bond acceptors (Lipinski definition) is 8. The number of ether oxygens (including phenoxy) is 2. The van der Waals surface area contributed by atoms with E-state index in [2.05, 4.69) is 0 Å². The molecule has 1 aromatic rings. The summed E-state index contributed by atoms with van der Waals surface area (Å²) in [6.45, 7) is 0. The van der Waals surface area contributed by atoms with Crippen LogP contribution in [0.4, 0.5) is 0 Å². The lowest BCUT2D eigenvalue weighted by molar-refractivity contribution is -0.173. The number of hydroxylamine groups is 2. The number of amides is 4. The Morgan fingerprint density at radius 2 is 1.60 bits per heavy atom. The summed E-state index contributed by atoms with van der Waals surface area (Å²) < 4.78 is 11.0. The molecule has 1 aromatic carbocycles. The number of methoxy groups -OCH3 is 2. The van der Waals surface area contributed by atoms with E-state index in [-0.39, 0.29) is 40.7 Å². The molecule has 0 aromatic heterocycles. The van der Waals surface area contributed by atoms with Gasteiger partial charge in [-0.05, 0) is 18.8 Å². The van der Waals surface area contributed by atoms with Gasteiger partial charge in [-0.1, -0.05) is 11.6 Å². The SMILES string of the molecule is COc1cc(O)cc(OC)c1C1C2=CCC3C(=O)N(O)C(=O)C3C2CC2(Cl)C(=O)N(C)C(=O)C12Cl. The average Bonchev–Trinajstić information content (AvgIpc) is 3.13. The molecule has 5 rings (SSSR count). The number of aromatic hydroxyl groups is 1. The molecule has 186 valence electrons. The van der Waals surface area contributed by atoms with Crippen molar-refractivity contribution in [2.45, 2.75) is 28.5 Å². The van der Waals surface area contributed by atoms with Crippen molar-refractivity contribution in [1.82, 2.24) is 9.96 Å². The fraction of sp³-hybridized carbons (Fsp3) is 0.478. The average molecular weight is 525 g/mol. The summed E-state index contributed by atoms with van der Waals surface area (Å²) in [6.07, 6.45) is 1.62. The van der Waals surface area contributed by atoms with E-state index in [9.17, 15) is 29.5 Å². The Balaban J connectivity index is 1.82. The molecule has 4 amide bonds. The van der Waals surface area contributed by atoms with Crippen molar-refractivity contribution in [3.63, 3.8) is 0 Å². The number of carbonyl (C=O) groups is 4. The first-order valence-corrected chi connectivity index (χ1v) is 11.6. The van der Waals surface area contributed by atoms with Gasteiger partial charge in [-0.15, -0.1) is 23.2 Å². The van der Waals surface area contributed by atoms with E-state index in [0.29, 0.717) is 5.57 Å². The Morgan fingerprint density at radius 3 is 2.17 bits per heavy atom. The number of rotatable bonds is 3. The zero-order valence-corrected chi connectivity index (χ0v) is 20.5. The molecular weight excluding hydrogens is 503 g/mol. The first-order valence-electron chi connectivity index (χ1n) is 10.9. The van der Waals surface area contributed by atoms with Crippen molar-refractivity contribution in [2.24, 2.45) is 17.8 Å². The van der Waals surface area contributed by atoms with Gasteiger partial charge >= 0.3 is 0 Å². The molecule has 0 bridgehead atoms. The lowest BCUT2D eigenvalue weighted by Crippen LogP contribution is -2.60. The fourth-order valence-corrected chi connectivity index (χ4v) is 7.26. The van der Waals surface area contributed by atoms with Crippen molar-refractivity contribution < 1.29 is 39.0 Å².